The second-order valence-corrected chi connectivity index (χ2v) is 13.7. The van der Waals surface area contributed by atoms with Crippen LogP contribution in [0.2, 0.25) is 0 Å². The molecule has 1 amide bonds. The van der Waals surface area contributed by atoms with Gasteiger partial charge in [-0.25, -0.2) is 9.37 Å². The van der Waals surface area contributed by atoms with Crippen molar-refractivity contribution in [3.05, 3.63) is 114 Å². The molecule has 0 bridgehead atoms. The number of anilines is 4. The molecule has 4 heterocycles. The molecule has 2 N–H and O–H groups in total. The van der Waals surface area contributed by atoms with Crippen LogP contribution in [0.5, 0.6) is 0 Å². The normalized spacial score (nSPS) is 19.1. The van der Waals surface area contributed by atoms with Gasteiger partial charge in [0.2, 0.25) is 5.91 Å². The Kier molecular flexibility index (Phi) is 8.03. The third-order valence-electron chi connectivity index (χ3n) is 10.8. The summed E-state index contributed by atoms with van der Waals surface area (Å²) in [6.45, 7) is 5.62. The first kappa shape index (κ1) is 30.5. The van der Waals surface area contributed by atoms with Gasteiger partial charge in [-0.3, -0.25) is 4.79 Å². The van der Waals surface area contributed by atoms with Crippen LogP contribution >= 0.6 is 0 Å². The molecular formula is C40H43FN6O. The molecule has 3 aliphatic heterocycles. The van der Waals surface area contributed by atoms with Gasteiger partial charge >= 0.3 is 0 Å². The highest BCUT2D eigenvalue weighted by atomic mass is 19.1. The molecule has 3 fully saturated rings. The number of para-hydroxylation sites is 2. The number of nitrogens with two attached hydrogens (primary N) is 1. The first-order chi connectivity index (χ1) is 23.4. The summed E-state index contributed by atoms with van der Waals surface area (Å²) < 4.78 is 13.5. The van der Waals surface area contributed by atoms with Crippen molar-refractivity contribution in [2.45, 2.75) is 57.5 Å². The van der Waals surface area contributed by atoms with Crippen molar-refractivity contribution in [3.63, 3.8) is 0 Å². The fraction of sp³-hybridized carbons (Fsp3) is 0.350. The van der Waals surface area contributed by atoms with Gasteiger partial charge in [0.25, 0.3) is 0 Å². The fourth-order valence-electron chi connectivity index (χ4n) is 7.92. The average molecular weight is 643 g/mol. The molecule has 1 aliphatic carbocycles. The molecule has 1 atom stereocenters. The zero-order valence-corrected chi connectivity index (χ0v) is 27.6. The molecule has 246 valence electrons. The summed E-state index contributed by atoms with van der Waals surface area (Å²) in [7, 11) is 0. The van der Waals surface area contributed by atoms with E-state index in [-0.39, 0.29) is 17.8 Å². The van der Waals surface area contributed by atoms with E-state index in [0.717, 1.165) is 81.5 Å². The van der Waals surface area contributed by atoms with E-state index in [9.17, 15) is 9.18 Å². The molecule has 0 spiro atoms. The Morgan fingerprint density at radius 3 is 2.08 bits per heavy atom. The number of amides is 1. The molecule has 1 unspecified atom stereocenters. The number of piperidine rings is 2. The minimum absolute atomic E-state index is 0.0852. The Hall–Kier alpha value is -4.85. The quantitative estimate of drug-likeness (QED) is 0.232. The Morgan fingerprint density at radius 1 is 0.812 bits per heavy atom. The second kappa shape index (κ2) is 12.6. The molecular weight excluding hydrogens is 599 g/mol. The maximum Gasteiger partial charge on any atom is 0.225 e. The van der Waals surface area contributed by atoms with E-state index < -0.39 is 0 Å². The average Bonchev–Trinajstić information content (AvgIpc) is 3.92. The molecule has 1 aromatic heterocycles. The number of hydrogen-bond acceptors (Lipinski definition) is 6. The van der Waals surface area contributed by atoms with Gasteiger partial charge in [0, 0.05) is 38.1 Å². The van der Waals surface area contributed by atoms with Gasteiger partial charge in [0.15, 0.2) is 0 Å². The number of halogens is 1. The standard InChI is InChI=1S/C40H43FN6O/c1-27(28-6-8-29(9-7-28)30-12-14-33(41)15-13-30)46-36-4-2-3-5-37(36)47(39(46)31-10-11-31)34-20-24-45(25-21-34)40(48)32-18-22-44(23-19-32)35-16-17-38(42)43-26-35/h2-9,12-17,26-27,32,34H,10-11,18-25H2,1H3,(H2,42,43). The van der Waals surface area contributed by atoms with Gasteiger partial charge in [0.1, 0.15) is 17.5 Å². The third-order valence-corrected chi connectivity index (χ3v) is 10.8. The van der Waals surface area contributed by atoms with Gasteiger partial charge in [-0.15, -0.1) is 0 Å². The van der Waals surface area contributed by atoms with Crippen LogP contribution < -0.4 is 20.4 Å². The van der Waals surface area contributed by atoms with E-state index >= 15 is 0 Å². The summed E-state index contributed by atoms with van der Waals surface area (Å²) in [5.74, 6) is 2.07. The van der Waals surface area contributed by atoms with Crippen molar-refractivity contribution in [1.29, 1.82) is 0 Å². The van der Waals surface area contributed by atoms with Gasteiger partial charge in [0.05, 0.1) is 29.3 Å². The Bertz CT molecular complexity index is 1800. The minimum Gasteiger partial charge on any atom is -0.384 e. The van der Waals surface area contributed by atoms with Crippen LogP contribution in [0.25, 0.3) is 11.1 Å². The summed E-state index contributed by atoms with van der Waals surface area (Å²) in [5.41, 5.74) is 14.2. The summed E-state index contributed by atoms with van der Waals surface area (Å²) in [5, 5.41) is 0. The monoisotopic (exact) mass is 642 g/mol. The van der Waals surface area contributed by atoms with Crippen LogP contribution in [-0.4, -0.2) is 48.0 Å². The maximum absolute atomic E-state index is 13.7. The predicted molar refractivity (Wildman–Crippen MR) is 191 cm³/mol. The van der Waals surface area contributed by atoms with Crippen molar-refractivity contribution in [2.24, 2.45) is 5.92 Å². The largest absolute Gasteiger partial charge is 0.384 e. The number of carbonyl (C=O) groups excluding carboxylic acids is 1. The van der Waals surface area contributed by atoms with E-state index in [1.54, 1.807) is 0 Å². The molecule has 8 rings (SSSR count). The van der Waals surface area contributed by atoms with Crippen molar-refractivity contribution in [2.75, 3.05) is 46.6 Å². The lowest BCUT2D eigenvalue weighted by atomic mass is 9.93. The molecule has 2 saturated heterocycles. The summed E-state index contributed by atoms with van der Waals surface area (Å²) >= 11 is 0. The first-order valence-corrected chi connectivity index (χ1v) is 17.5. The molecule has 48 heavy (non-hydrogen) atoms. The highest BCUT2D eigenvalue weighted by Gasteiger charge is 2.43. The topological polar surface area (TPSA) is 68.9 Å². The van der Waals surface area contributed by atoms with E-state index in [2.05, 4.69) is 80.0 Å². The molecule has 3 aromatic carbocycles. The number of hydrogen-bond donors (Lipinski definition) is 1. The van der Waals surface area contributed by atoms with E-state index in [0.29, 0.717) is 17.8 Å². The zero-order chi connectivity index (χ0) is 32.8. The number of fused-ring (bicyclic) bond motifs is 1. The number of benzene rings is 3. The van der Waals surface area contributed by atoms with E-state index in [4.69, 9.17) is 5.73 Å². The Balaban J connectivity index is 0.959. The Morgan fingerprint density at radius 2 is 1.46 bits per heavy atom. The van der Waals surface area contributed by atoms with Crippen molar-refractivity contribution >= 4 is 28.8 Å². The van der Waals surface area contributed by atoms with Gasteiger partial charge in [-0.05, 0) is 104 Å². The smallest absolute Gasteiger partial charge is 0.225 e. The van der Waals surface area contributed by atoms with Crippen LogP contribution in [-0.2, 0) is 4.79 Å². The number of likely N-dealkylation sites (tertiary alicyclic amines) is 1. The van der Waals surface area contributed by atoms with Gasteiger partial charge in [-0.1, -0.05) is 48.5 Å². The number of nitrogen functional groups attached to an aromatic ring is 1. The van der Waals surface area contributed by atoms with Gasteiger partial charge in [-0.2, -0.15) is 0 Å². The molecule has 7 nitrogen and oxygen atoms in total. The first-order valence-electron chi connectivity index (χ1n) is 17.5. The lowest BCUT2D eigenvalue weighted by molar-refractivity contribution is -0.137. The maximum atomic E-state index is 13.7. The summed E-state index contributed by atoms with van der Waals surface area (Å²) in [4.78, 5) is 27.6. The number of pyridine rings is 1. The number of rotatable bonds is 6. The molecule has 4 aromatic rings. The number of nitrogens with zero attached hydrogens (tertiary/aromatic N) is 5. The highest BCUT2D eigenvalue weighted by Crippen LogP contribution is 2.52. The summed E-state index contributed by atoms with van der Waals surface area (Å²) in [6.07, 6.45) is 7.76. The lowest BCUT2D eigenvalue weighted by Crippen LogP contribution is -2.49. The predicted octanol–water partition coefficient (Wildman–Crippen LogP) is 7.77. The zero-order valence-electron chi connectivity index (χ0n) is 27.6. The van der Waals surface area contributed by atoms with Crippen LogP contribution in [0, 0.1) is 11.7 Å². The van der Waals surface area contributed by atoms with Crippen molar-refractivity contribution in [1.82, 2.24) is 9.88 Å². The SMILES string of the molecule is CC(c1ccc(-c2ccc(F)cc2)cc1)N1C(=C2CC2)N(C2CCN(C(=O)C3CCN(c4ccc(N)nc4)CC3)CC2)c2ccccc21. The minimum atomic E-state index is -0.219. The fourth-order valence-corrected chi connectivity index (χ4v) is 7.92. The third kappa shape index (κ3) is 5.78. The van der Waals surface area contributed by atoms with Crippen LogP contribution in [0.3, 0.4) is 0 Å². The highest BCUT2D eigenvalue weighted by molar-refractivity contribution is 5.85. The molecule has 0 radical (unpaired) electrons. The number of allylic oxidation sites excluding steroid dienone is 1. The van der Waals surface area contributed by atoms with Crippen LogP contribution in [0.15, 0.2) is 103 Å². The number of aromatic nitrogens is 1. The van der Waals surface area contributed by atoms with E-state index in [1.165, 1.54) is 40.5 Å². The summed E-state index contributed by atoms with van der Waals surface area (Å²) in [6, 6.07) is 28.6. The Labute approximate surface area is 282 Å². The van der Waals surface area contributed by atoms with E-state index in [1.807, 2.05) is 30.5 Å². The second-order valence-electron chi connectivity index (χ2n) is 13.7. The van der Waals surface area contributed by atoms with Crippen molar-refractivity contribution < 1.29 is 9.18 Å². The molecule has 1 saturated carbocycles. The molecule has 8 heteroatoms. The van der Waals surface area contributed by atoms with Crippen molar-refractivity contribution in [3.8, 4) is 11.1 Å². The molecule has 4 aliphatic rings. The lowest BCUT2D eigenvalue weighted by Gasteiger charge is -2.41. The van der Waals surface area contributed by atoms with Crippen LogP contribution in [0.4, 0.5) is 27.3 Å². The van der Waals surface area contributed by atoms with Gasteiger partial charge < -0.3 is 25.3 Å². The van der Waals surface area contributed by atoms with Crippen LogP contribution in [0.1, 0.15) is 57.1 Å². The number of carbonyl (C=O) groups is 1.